The zero-order valence-electron chi connectivity index (χ0n) is 14.5. The van der Waals surface area contributed by atoms with Crippen LogP contribution in [0.2, 0.25) is 0 Å². The van der Waals surface area contributed by atoms with Crippen molar-refractivity contribution < 1.29 is 23.4 Å². The molecule has 0 unspecified atom stereocenters. The molecule has 3 rings (SSSR count). The van der Waals surface area contributed by atoms with Gasteiger partial charge in [-0.2, -0.15) is 0 Å². The Labute approximate surface area is 151 Å². The quantitative estimate of drug-likeness (QED) is 0.442. The van der Waals surface area contributed by atoms with Crippen LogP contribution >= 0.6 is 0 Å². The first-order chi connectivity index (χ1) is 12.3. The Morgan fingerprint density at radius 3 is 2.65 bits per heavy atom. The van der Waals surface area contributed by atoms with E-state index < -0.39 is 29.8 Å². The van der Waals surface area contributed by atoms with Crippen LogP contribution in [0.1, 0.15) is 31.2 Å². The lowest BCUT2D eigenvalue weighted by Gasteiger charge is -2.37. The number of hydrogen-bond donors (Lipinski definition) is 2. The van der Waals surface area contributed by atoms with Crippen LogP contribution in [0.25, 0.3) is 0 Å². The number of rotatable bonds is 7. The van der Waals surface area contributed by atoms with E-state index in [-0.39, 0.29) is 19.4 Å². The predicted octanol–water partition coefficient (Wildman–Crippen LogP) is 2.78. The average Bonchev–Trinajstić information content (AvgIpc) is 2.97. The number of nitrogens with zero attached hydrogens (tertiary/aromatic N) is 1. The van der Waals surface area contributed by atoms with Gasteiger partial charge in [0.2, 0.25) is 5.92 Å². The minimum absolute atomic E-state index is 0.0738. The standard InChI is InChI=1S/C19H24F2N2O3/c20-18(21)8-6-16(10-18)19(25,15-4-2-1-3-5-15)17(24)26-9-7-14-11-23(12-14)13-22/h1-5,13-14,16,22,25H,6-12H2/t16-,19+/m1/s1. The van der Waals surface area contributed by atoms with Crippen LogP contribution in [0.4, 0.5) is 8.78 Å². The number of carbonyl (C=O) groups excluding carboxylic acids is 1. The van der Waals surface area contributed by atoms with Crippen molar-refractivity contribution in [2.24, 2.45) is 11.8 Å². The van der Waals surface area contributed by atoms with E-state index in [1.165, 1.54) is 6.34 Å². The fourth-order valence-electron chi connectivity index (χ4n) is 3.85. The minimum Gasteiger partial charge on any atom is -0.463 e. The largest absolute Gasteiger partial charge is 0.463 e. The number of hydrogen-bond acceptors (Lipinski definition) is 4. The summed E-state index contributed by atoms with van der Waals surface area (Å²) in [5.74, 6) is -4.25. The zero-order chi connectivity index (χ0) is 18.8. The van der Waals surface area contributed by atoms with Crippen molar-refractivity contribution in [3.05, 3.63) is 35.9 Å². The number of alkyl halides is 2. The first kappa shape index (κ1) is 18.8. The van der Waals surface area contributed by atoms with Crippen molar-refractivity contribution in [2.75, 3.05) is 19.7 Å². The van der Waals surface area contributed by atoms with Crippen LogP contribution in [0.15, 0.2) is 30.3 Å². The molecule has 1 saturated heterocycles. The molecule has 2 aliphatic rings. The highest BCUT2D eigenvalue weighted by Crippen LogP contribution is 2.47. The van der Waals surface area contributed by atoms with E-state index in [0.717, 1.165) is 13.1 Å². The lowest BCUT2D eigenvalue weighted by atomic mass is 9.80. The maximum atomic E-state index is 13.7. The van der Waals surface area contributed by atoms with Crippen LogP contribution in [0.3, 0.4) is 0 Å². The van der Waals surface area contributed by atoms with Gasteiger partial charge >= 0.3 is 5.97 Å². The van der Waals surface area contributed by atoms with E-state index in [0.29, 0.717) is 17.9 Å². The third-order valence-electron chi connectivity index (χ3n) is 5.45. The molecule has 0 bridgehead atoms. The maximum Gasteiger partial charge on any atom is 0.343 e. The smallest absolute Gasteiger partial charge is 0.343 e. The Kier molecular flexibility index (Phi) is 5.27. The molecule has 2 atom stereocenters. The summed E-state index contributed by atoms with van der Waals surface area (Å²) in [4.78, 5) is 14.5. The molecule has 5 nitrogen and oxygen atoms in total. The Hall–Kier alpha value is -2.02. The summed E-state index contributed by atoms with van der Waals surface area (Å²) in [6.07, 6.45) is 1.12. The van der Waals surface area contributed by atoms with E-state index in [1.807, 2.05) is 4.90 Å². The Morgan fingerprint density at radius 1 is 1.38 bits per heavy atom. The topological polar surface area (TPSA) is 73.6 Å². The summed E-state index contributed by atoms with van der Waals surface area (Å²) >= 11 is 0. The van der Waals surface area contributed by atoms with Crippen molar-refractivity contribution >= 4 is 12.3 Å². The molecule has 0 radical (unpaired) electrons. The molecular formula is C19H24F2N2O3. The lowest BCUT2D eigenvalue weighted by molar-refractivity contribution is -0.175. The number of esters is 1. The first-order valence-corrected chi connectivity index (χ1v) is 8.93. The molecule has 0 amide bonds. The van der Waals surface area contributed by atoms with Crippen LogP contribution < -0.4 is 0 Å². The summed E-state index contributed by atoms with van der Waals surface area (Å²) in [7, 11) is 0. The van der Waals surface area contributed by atoms with Crippen LogP contribution in [0, 0.1) is 17.2 Å². The molecule has 1 saturated carbocycles. The van der Waals surface area contributed by atoms with Crippen LogP contribution in [-0.2, 0) is 15.1 Å². The number of benzene rings is 1. The summed E-state index contributed by atoms with van der Waals surface area (Å²) in [5, 5.41) is 18.3. The number of likely N-dealkylation sites (tertiary alicyclic amines) is 1. The van der Waals surface area contributed by atoms with Gasteiger partial charge in [-0.3, -0.25) is 5.41 Å². The van der Waals surface area contributed by atoms with Gasteiger partial charge in [-0.1, -0.05) is 30.3 Å². The van der Waals surface area contributed by atoms with Crippen LogP contribution in [-0.4, -0.2) is 47.9 Å². The van der Waals surface area contributed by atoms with Gasteiger partial charge in [0.15, 0.2) is 5.60 Å². The van der Waals surface area contributed by atoms with Gasteiger partial charge in [0.1, 0.15) is 0 Å². The minimum atomic E-state index is -2.87. The number of halogens is 2. The van der Waals surface area contributed by atoms with Gasteiger partial charge < -0.3 is 14.7 Å². The van der Waals surface area contributed by atoms with Gasteiger partial charge in [-0.15, -0.1) is 0 Å². The molecule has 0 aromatic heterocycles. The number of ether oxygens (including phenoxy) is 1. The normalized spacial score (nSPS) is 24.6. The van der Waals surface area contributed by atoms with Gasteiger partial charge in [0.25, 0.3) is 0 Å². The second-order valence-electron chi connectivity index (χ2n) is 7.30. The molecule has 1 heterocycles. The third kappa shape index (κ3) is 3.72. The van der Waals surface area contributed by atoms with Crippen molar-refractivity contribution in [3.8, 4) is 0 Å². The Morgan fingerprint density at radius 2 is 2.08 bits per heavy atom. The Balaban J connectivity index is 1.67. The zero-order valence-corrected chi connectivity index (χ0v) is 14.5. The van der Waals surface area contributed by atoms with Crippen LogP contribution in [0.5, 0.6) is 0 Å². The summed E-state index contributed by atoms with van der Waals surface area (Å²) in [6.45, 7) is 1.63. The highest BCUT2D eigenvalue weighted by atomic mass is 19.3. The summed E-state index contributed by atoms with van der Waals surface area (Å²) < 4.78 is 32.7. The van der Waals surface area contributed by atoms with E-state index in [1.54, 1.807) is 30.3 Å². The molecule has 7 heteroatoms. The third-order valence-corrected chi connectivity index (χ3v) is 5.45. The molecule has 2 fully saturated rings. The molecule has 142 valence electrons. The van der Waals surface area contributed by atoms with Crippen molar-refractivity contribution in [3.63, 3.8) is 0 Å². The lowest BCUT2D eigenvalue weighted by Crippen LogP contribution is -2.47. The van der Waals surface area contributed by atoms with E-state index in [4.69, 9.17) is 10.1 Å². The molecule has 1 aromatic carbocycles. The molecular weight excluding hydrogens is 342 g/mol. The second kappa shape index (κ2) is 7.31. The highest BCUT2D eigenvalue weighted by molar-refractivity contribution is 5.81. The van der Waals surface area contributed by atoms with Gasteiger partial charge in [-0.25, -0.2) is 13.6 Å². The Bertz CT molecular complexity index is 649. The highest BCUT2D eigenvalue weighted by Gasteiger charge is 2.54. The molecule has 1 aliphatic heterocycles. The van der Waals surface area contributed by atoms with E-state index in [2.05, 4.69) is 0 Å². The fraction of sp³-hybridized carbons (Fsp3) is 0.579. The molecule has 2 N–H and O–H groups in total. The molecule has 0 spiro atoms. The fourth-order valence-corrected chi connectivity index (χ4v) is 3.85. The van der Waals surface area contributed by atoms with E-state index in [9.17, 15) is 18.7 Å². The first-order valence-electron chi connectivity index (χ1n) is 8.93. The SMILES string of the molecule is N=CN1CC(CCOC(=O)[C@](O)(c2ccccc2)[C@@H]2CCC(F)(F)C2)C1. The monoisotopic (exact) mass is 366 g/mol. The van der Waals surface area contributed by atoms with Crippen molar-refractivity contribution in [1.82, 2.24) is 4.90 Å². The molecule has 1 aromatic rings. The van der Waals surface area contributed by atoms with E-state index >= 15 is 0 Å². The average molecular weight is 366 g/mol. The van der Waals surface area contributed by atoms with Crippen molar-refractivity contribution in [1.29, 1.82) is 5.41 Å². The van der Waals surface area contributed by atoms with Crippen molar-refractivity contribution in [2.45, 2.75) is 37.2 Å². The summed E-state index contributed by atoms with van der Waals surface area (Å²) in [6, 6.07) is 8.23. The number of carbonyl (C=O) groups is 1. The second-order valence-corrected chi connectivity index (χ2v) is 7.30. The number of aliphatic hydroxyl groups is 1. The molecule has 26 heavy (non-hydrogen) atoms. The predicted molar refractivity (Wildman–Crippen MR) is 92.0 cm³/mol. The van der Waals surface area contributed by atoms with Gasteiger partial charge in [0.05, 0.1) is 12.9 Å². The maximum absolute atomic E-state index is 13.7. The molecule has 1 aliphatic carbocycles. The van der Waals surface area contributed by atoms with Gasteiger partial charge in [0, 0.05) is 31.8 Å². The van der Waals surface area contributed by atoms with Gasteiger partial charge in [-0.05, 0) is 24.3 Å². The number of nitrogens with one attached hydrogen (secondary N) is 1. The summed E-state index contributed by atoms with van der Waals surface area (Å²) in [5.41, 5.74) is -1.76.